The Morgan fingerprint density at radius 1 is 1.30 bits per heavy atom. The van der Waals surface area contributed by atoms with Crippen LogP contribution in [-0.2, 0) is 0 Å². The Kier molecular flexibility index (Phi) is 4.79. The van der Waals surface area contributed by atoms with E-state index in [4.69, 9.17) is 4.74 Å². The van der Waals surface area contributed by atoms with Gasteiger partial charge >= 0.3 is 5.69 Å². The van der Waals surface area contributed by atoms with Crippen molar-refractivity contribution in [3.05, 3.63) is 46.3 Å². The Balaban J connectivity index is 1.44. The van der Waals surface area contributed by atoms with Gasteiger partial charge in [-0.15, -0.1) is 0 Å². The third-order valence-corrected chi connectivity index (χ3v) is 4.98. The summed E-state index contributed by atoms with van der Waals surface area (Å²) in [5.41, 5.74) is 0.294. The standard InChI is InChI=1S/C19H23N5O3/c1-13-11-15(22-19(26)21-13)18(25)24-10-6-14(12-24)27-16-5-4-7-20-17(16)23-8-2-3-9-23/h4-5,7,11,14H,2-3,6,8-10,12H2,1H3,(H,21,22,26)/t14-/m1/s1. The first-order valence-corrected chi connectivity index (χ1v) is 9.34. The highest BCUT2D eigenvalue weighted by molar-refractivity contribution is 5.92. The monoisotopic (exact) mass is 369 g/mol. The lowest BCUT2D eigenvalue weighted by Gasteiger charge is -2.22. The van der Waals surface area contributed by atoms with Gasteiger partial charge in [0.2, 0.25) is 0 Å². The average molecular weight is 369 g/mol. The number of aromatic nitrogens is 3. The van der Waals surface area contributed by atoms with Gasteiger partial charge in [0.15, 0.2) is 11.6 Å². The van der Waals surface area contributed by atoms with Crippen molar-refractivity contribution in [2.75, 3.05) is 31.1 Å². The number of carbonyl (C=O) groups excluding carboxylic acids is 1. The molecule has 8 nitrogen and oxygen atoms in total. The van der Waals surface area contributed by atoms with Gasteiger partial charge < -0.3 is 19.5 Å². The molecule has 0 spiro atoms. The smallest absolute Gasteiger partial charge is 0.345 e. The first kappa shape index (κ1) is 17.5. The molecule has 1 amide bonds. The highest BCUT2D eigenvalue weighted by Crippen LogP contribution is 2.30. The Morgan fingerprint density at radius 3 is 2.89 bits per heavy atom. The molecular weight excluding hydrogens is 346 g/mol. The van der Waals surface area contributed by atoms with Crippen molar-refractivity contribution in [3.63, 3.8) is 0 Å². The van der Waals surface area contributed by atoms with E-state index in [1.165, 1.54) is 12.8 Å². The molecule has 2 aromatic rings. The van der Waals surface area contributed by atoms with E-state index < -0.39 is 5.69 Å². The minimum Gasteiger partial charge on any atom is -0.485 e. The van der Waals surface area contributed by atoms with Crippen LogP contribution in [0.1, 0.15) is 35.4 Å². The molecule has 4 heterocycles. The molecule has 2 aliphatic heterocycles. The second kappa shape index (κ2) is 7.38. The van der Waals surface area contributed by atoms with Crippen LogP contribution in [0.5, 0.6) is 5.75 Å². The molecule has 27 heavy (non-hydrogen) atoms. The van der Waals surface area contributed by atoms with E-state index in [2.05, 4.69) is 19.9 Å². The van der Waals surface area contributed by atoms with Crippen LogP contribution in [0.15, 0.2) is 29.2 Å². The maximum Gasteiger partial charge on any atom is 0.345 e. The van der Waals surface area contributed by atoms with Gasteiger partial charge in [-0.3, -0.25) is 4.79 Å². The second-order valence-corrected chi connectivity index (χ2v) is 7.05. The van der Waals surface area contributed by atoms with E-state index in [9.17, 15) is 9.59 Å². The Morgan fingerprint density at radius 2 is 2.11 bits per heavy atom. The van der Waals surface area contributed by atoms with Crippen LogP contribution in [0.2, 0.25) is 0 Å². The molecule has 0 aliphatic carbocycles. The fourth-order valence-corrected chi connectivity index (χ4v) is 3.68. The van der Waals surface area contributed by atoms with Gasteiger partial charge in [-0.05, 0) is 38.0 Å². The third-order valence-electron chi connectivity index (χ3n) is 4.98. The molecule has 0 aromatic carbocycles. The SMILES string of the molecule is Cc1cc(C(=O)N2CC[C@@H](Oc3cccnc3N3CCCC3)C2)nc(=O)[nH]1. The van der Waals surface area contributed by atoms with Crippen molar-refractivity contribution >= 4 is 11.7 Å². The minimum atomic E-state index is -0.504. The predicted molar refractivity (Wildman–Crippen MR) is 100 cm³/mol. The molecule has 4 rings (SSSR count). The number of nitrogens with one attached hydrogen (secondary N) is 1. The summed E-state index contributed by atoms with van der Waals surface area (Å²) in [6.07, 6.45) is 4.77. The summed E-state index contributed by atoms with van der Waals surface area (Å²) in [4.78, 5) is 39.0. The maximum atomic E-state index is 12.7. The average Bonchev–Trinajstić information content (AvgIpc) is 3.33. The molecular formula is C19H23N5O3. The zero-order valence-electron chi connectivity index (χ0n) is 15.4. The van der Waals surface area contributed by atoms with E-state index >= 15 is 0 Å². The zero-order valence-corrected chi connectivity index (χ0v) is 15.4. The molecule has 142 valence electrons. The summed E-state index contributed by atoms with van der Waals surface area (Å²) >= 11 is 0. The van der Waals surface area contributed by atoms with Crippen LogP contribution in [-0.4, -0.2) is 58.0 Å². The van der Waals surface area contributed by atoms with Crippen molar-refractivity contribution in [3.8, 4) is 5.75 Å². The van der Waals surface area contributed by atoms with Crippen molar-refractivity contribution in [1.82, 2.24) is 19.9 Å². The maximum absolute atomic E-state index is 12.7. The summed E-state index contributed by atoms with van der Waals surface area (Å²) in [5, 5.41) is 0. The number of rotatable bonds is 4. The molecule has 2 fully saturated rings. The molecule has 0 saturated carbocycles. The zero-order chi connectivity index (χ0) is 18.8. The number of pyridine rings is 1. The number of carbonyl (C=O) groups is 1. The first-order chi connectivity index (χ1) is 13.1. The largest absolute Gasteiger partial charge is 0.485 e. The Bertz CT molecular complexity index is 891. The van der Waals surface area contributed by atoms with Crippen LogP contribution in [0.3, 0.4) is 0 Å². The number of hydrogen-bond donors (Lipinski definition) is 1. The molecule has 0 bridgehead atoms. The van der Waals surface area contributed by atoms with Gasteiger partial charge in [0.05, 0.1) is 6.54 Å². The van der Waals surface area contributed by atoms with Crippen molar-refractivity contribution in [2.24, 2.45) is 0 Å². The molecule has 2 aliphatic rings. The van der Waals surface area contributed by atoms with Crippen LogP contribution in [0.25, 0.3) is 0 Å². The van der Waals surface area contributed by atoms with Gasteiger partial charge in [-0.1, -0.05) is 0 Å². The summed E-state index contributed by atoms with van der Waals surface area (Å²) < 4.78 is 6.20. The third kappa shape index (κ3) is 3.79. The summed E-state index contributed by atoms with van der Waals surface area (Å²) in [6, 6.07) is 5.41. The predicted octanol–water partition coefficient (Wildman–Crippen LogP) is 1.37. The van der Waals surface area contributed by atoms with Gasteiger partial charge in [0.1, 0.15) is 11.8 Å². The van der Waals surface area contributed by atoms with Crippen molar-refractivity contribution in [1.29, 1.82) is 0 Å². The molecule has 1 atom stereocenters. The number of H-pyrrole nitrogens is 1. The lowest BCUT2D eigenvalue weighted by molar-refractivity contribution is 0.0766. The van der Waals surface area contributed by atoms with Crippen molar-refractivity contribution < 1.29 is 9.53 Å². The molecule has 0 radical (unpaired) electrons. The fourth-order valence-electron chi connectivity index (χ4n) is 3.68. The number of aryl methyl sites for hydroxylation is 1. The molecule has 1 N–H and O–H groups in total. The number of likely N-dealkylation sites (tertiary alicyclic amines) is 1. The fraction of sp³-hybridized carbons (Fsp3) is 0.474. The highest BCUT2D eigenvalue weighted by atomic mass is 16.5. The normalized spacial score (nSPS) is 19.5. The quantitative estimate of drug-likeness (QED) is 0.875. The molecule has 2 aromatic heterocycles. The number of hydrogen-bond acceptors (Lipinski definition) is 6. The van der Waals surface area contributed by atoms with Gasteiger partial charge in [-0.2, -0.15) is 4.98 Å². The van der Waals surface area contributed by atoms with Crippen LogP contribution < -0.4 is 15.3 Å². The minimum absolute atomic E-state index is 0.0948. The number of anilines is 1. The van der Waals surface area contributed by atoms with E-state index in [1.807, 2.05) is 12.1 Å². The second-order valence-electron chi connectivity index (χ2n) is 7.05. The van der Waals surface area contributed by atoms with E-state index in [0.29, 0.717) is 18.8 Å². The van der Waals surface area contributed by atoms with Crippen LogP contribution in [0, 0.1) is 6.92 Å². The van der Waals surface area contributed by atoms with Crippen LogP contribution >= 0.6 is 0 Å². The van der Waals surface area contributed by atoms with Gasteiger partial charge in [-0.25, -0.2) is 9.78 Å². The molecule has 0 unspecified atom stereocenters. The first-order valence-electron chi connectivity index (χ1n) is 9.34. The molecule has 2 saturated heterocycles. The van der Waals surface area contributed by atoms with Crippen LogP contribution in [0.4, 0.5) is 5.82 Å². The number of aromatic amines is 1. The van der Waals surface area contributed by atoms with Gasteiger partial charge in [0.25, 0.3) is 5.91 Å². The van der Waals surface area contributed by atoms with E-state index in [0.717, 1.165) is 31.1 Å². The topological polar surface area (TPSA) is 91.4 Å². The Labute approximate surface area is 157 Å². The summed E-state index contributed by atoms with van der Waals surface area (Å²) in [5.74, 6) is 1.41. The van der Waals surface area contributed by atoms with E-state index in [1.54, 1.807) is 24.1 Å². The Hall–Kier alpha value is -2.90. The number of nitrogens with zero attached hydrogens (tertiary/aromatic N) is 4. The van der Waals surface area contributed by atoms with Crippen molar-refractivity contribution in [2.45, 2.75) is 32.3 Å². The number of amides is 1. The highest BCUT2D eigenvalue weighted by Gasteiger charge is 2.30. The number of ether oxygens (including phenoxy) is 1. The lowest BCUT2D eigenvalue weighted by atomic mass is 10.3. The molecule has 8 heteroatoms. The van der Waals surface area contributed by atoms with E-state index in [-0.39, 0.29) is 17.7 Å². The summed E-state index contributed by atoms with van der Waals surface area (Å²) in [7, 11) is 0. The van der Waals surface area contributed by atoms with Gasteiger partial charge in [0, 0.05) is 37.9 Å². The lowest BCUT2D eigenvalue weighted by Crippen LogP contribution is -2.33. The summed E-state index contributed by atoms with van der Waals surface area (Å²) in [6.45, 7) is 4.78.